The Kier molecular flexibility index (Phi) is 7.74. The van der Waals surface area contributed by atoms with Crippen LogP contribution in [0.15, 0.2) is 48.5 Å². The molecule has 0 spiro atoms. The third-order valence-corrected chi connectivity index (χ3v) is 7.03. The van der Waals surface area contributed by atoms with Crippen LogP contribution in [-0.2, 0) is 14.9 Å². The molecule has 37 heavy (non-hydrogen) atoms. The van der Waals surface area contributed by atoms with Crippen molar-refractivity contribution in [3.8, 4) is 5.88 Å². The largest absolute Gasteiger partial charge is 0.481 e. The Bertz CT molecular complexity index is 1240. The highest BCUT2D eigenvalue weighted by Crippen LogP contribution is 2.38. The molecule has 0 bridgehead atoms. The number of hydrogen-bond donors (Lipinski definition) is 0. The fourth-order valence-corrected chi connectivity index (χ4v) is 4.96. The first-order valence-electron chi connectivity index (χ1n) is 12.8. The number of halogens is 1. The van der Waals surface area contributed by atoms with E-state index in [1.54, 1.807) is 12.0 Å². The van der Waals surface area contributed by atoms with Gasteiger partial charge in [-0.2, -0.15) is 0 Å². The zero-order valence-corrected chi connectivity index (χ0v) is 22.6. The molecule has 0 saturated carbocycles. The molecule has 1 fully saturated rings. The lowest BCUT2D eigenvalue weighted by Crippen LogP contribution is -2.48. The Balaban J connectivity index is 1.57. The van der Waals surface area contributed by atoms with Crippen molar-refractivity contribution in [2.24, 2.45) is 0 Å². The van der Waals surface area contributed by atoms with Gasteiger partial charge in [0.2, 0.25) is 5.88 Å². The number of hydrogen-bond acceptors (Lipinski definition) is 5. The van der Waals surface area contributed by atoms with Crippen molar-refractivity contribution in [1.82, 2.24) is 9.88 Å². The Morgan fingerprint density at radius 2 is 1.78 bits per heavy atom. The lowest BCUT2D eigenvalue weighted by molar-refractivity contribution is -0.00934. The monoisotopic (exact) mass is 508 g/mol. The summed E-state index contributed by atoms with van der Waals surface area (Å²) in [6.45, 7) is 11.2. The second-order valence-electron chi connectivity index (χ2n) is 11.0. The number of pyridine rings is 1. The van der Waals surface area contributed by atoms with Crippen LogP contribution in [0.1, 0.15) is 63.3 Å². The summed E-state index contributed by atoms with van der Waals surface area (Å²) in [4.78, 5) is 19.1. The van der Waals surface area contributed by atoms with Gasteiger partial charge in [-0.3, -0.25) is 0 Å². The zero-order chi connectivity index (χ0) is 26.8. The normalized spacial score (nSPS) is 16.5. The summed E-state index contributed by atoms with van der Waals surface area (Å²) in [5, 5.41) is 1.03. The fraction of sp³-hybridized carbons (Fsp3) is 0.467. The molecule has 198 valence electrons. The van der Waals surface area contributed by atoms with Crippen molar-refractivity contribution in [1.29, 1.82) is 0 Å². The molecule has 0 N–H and O–H groups in total. The van der Waals surface area contributed by atoms with Gasteiger partial charge in [-0.05, 0) is 77.3 Å². The van der Waals surface area contributed by atoms with Crippen molar-refractivity contribution >= 4 is 17.0 Å². The third kappa shape index (κ3) is 6.21. The highest BCUT2D eigenvalue weighted by atomic mass is 19.1. The number of fused-ring (bicyclic) bond motifs is 1. The van der Waals surface area contributed by atoms with Crippen molar-refractivity contribution in [3.63, 3.8) is 0 Å². The van der Waals surface area contributed by atoms with Gasteiger partial charge in [0.05, 0.1) is 25.3 Å². The number of methoxy groups -OCH3 is 1. The zero-order valence-electron chi connectivity index (χ0n) is 22.6. The summed E-state index contributed by atoms with van der Waals surface area (Å²) in [6.07, 6.45) is 0.833. The van der Waals surface area contributed by atoms with E-state index in [9.17, 15) is 9.18 Å². The molecule has 2 aromatic carbocycles. The molecule has 6 nitrogen and oxygen atoms in total. The van der Waals surface area contributed by atoms with Crippen LogP contribution in [0.2, 0.25) is 0 Å². The first-order chi connectivity index (χ1) is 17.5. The van der Waals surface area contributed by atoms with Gasteiger partial charge in [0.15, 0.2) is 0 Å². The van der Waals surface area contributed by atoms with Crippen LogP contribution in [-0.4, -0.2) is 48.4 Å². The van der Waals surface area contributed by atoms with E-state index < -0.39 is 5.60 Å². The minimum absolute atomic E-state index is 0.233. The maximum atomic E-state index is 13.8. The summed E-state index contributed by atoms with van der Waals surface area (Å²) in [5.41, 5.74) is 3.09. The van der Waals surface area contributed by atoms with Crippen LogP contribution in [0.5, 0.6) is 5.88 Å². The molecule has 1 saturated heterocycles. The smallest absolute Gasteiger partial charge is 0.410 e. The number of rotatable bonds is 6. The van der Waals surface area contributed by atoms with Gasteiger partial charge in [0, 0.05) is 35.5 Å². The number of likely N-dealkylation sites (tertiary alicyclic amines) is 1. The topological polar surface area (TPSA) is 60.9 Å². The van der Waals surface area contributed by atoms with Gasteiger partial charge in [-0.1, -0.05) is 23.8 Å². The molecule has 0 aliphatic carbocycles. The lowest BCUT2D eigenvalue weighted by atomic mass is 9.73. The number of amides is 1. The van der Waals surface area contributed by atoms with Gasteiger partial charge in [0.25, 0.3) is 0 Å². The number of carbonyl (C=O) groups is 1. The molecule has 2 heterocycles. The average molecular weight is 509 g/mol. The first kappa shape index (κ1) is 26.9. The Labute approximate surface area is 218 Å². The van der Waals surface area contributed by atoms with Crippen LogP contribution in [0, 0.1) is 12.7 Å². The van der Waals surface area contributed by atoms with Crippen molar-refractivity contribution in [3.05, 3.63) is 71.0 Å². The second-order valence-corrected chi connectivity index (χ2v) is 11.0. The van der Waals surface area contributed by atoms with Crippen molar-refractivity contribution in [2.75, 3.05) is 26.8 Å². The van der Waals surface area contributed by atoms with Gasteiger partial charge in [-0.25, -0.2) is 14.2 Å². The average Bonchev–Trinajstić information content (AvgIpc) is 2.86. The molecule has 0 radical (unpaired) electrons. The molecule has 1 unspecified atom stereocenters. The van der Waals surface area contributed by atoms with E-state index in [0.29, 0.717) is 38.4 Å². The van der Waals surface area contributed by atoms with E-state index in [2.05, 4.69) is 19.1 Å². The molecule has 1 aliphatic heterocycles. The van der Waals surface area contributed by atoms with Crippen molar-refractivity contribution in [2.45, 2.75) is 64.6 Å². The minimum Gasteiger partial charge on any atom is -0.481 e. The summed E-state index contributed by atoms with van der Waals surface area (Å²) in [6, 6.07) is 14.7. The molecule has 1 aliphatic rings. The van der Waals surface area contributed by atoms with Crippen LogP contribution in [0.3, 0.4) is 0 Å². The number of piperidine rings is 1. The Morgan fingerprint density at radius 1 is 1.11 bits per heavy atom. The van der Waals surface area contributed by atoms with Crippen molar-refractivity contribution < 1.29 is 23.4 Å². The molecule has 3 aromatic rings. The van der Waals surface area contributed by atoms with Gasteiger partial charge in [-0.15, -0.1) is 0 Å². The van der Waals surface area contributed by atoms with Crippen LogP contribution < -0.4 is 4.74 Å². The fourth-order valence-electron chi connectivity index (χ4n) is 4.96. The van der Waals surface area contributed by atoms with Gasteiger partial charge >= 0.3 is 6.09 Å². The number of nitrogens with zero attached hydrogens (tertiary/aromatic N) is 2. The number of aryl methyl sites for hydroxylation is 1. The maximum absolute atomic E-state index is 13.8. The molecular weight excluding hydrogens is 471 g/mol. The summed E-state index contributed by atoms with van der Waals surface area (Å²) < 4.78 is 31.3. The number of benzene rings is 2. The van der Waals surface area contributed by atoms with E-state index in [4.69, 9.17) is 19.2 Å². The molecular formula is C30H37FN2O4. The van der Waals surface area contributed by atoms with E-state index in [1.807, 2.05) is 52.0 Å². The van der Waals surface area contributed by atoms with Gasteiger partial charge in [0.1, 0.15) is 11.4 Å². The maximum Gasteiger partial charge on any atom is 0.410 e. The quantitative estimate of drug-likeness (QED) is 0.369. The summed E-state index contributed by atoms with van der Waals surface area (Å²) in [7, 11) is 1.61. The molecule has 4 rings (SSSR count). The number of carbonyl (C=O) groups excluding carboxylic acids is 1. The number of aromatic nitrogens is 1. The predicted octanol–water partition coefficient (Wildman–Crippen LogP) is 6.74. The van der Waals surface area contributed by atoms with E-state index in [-0.39, 0.29) is 23.4 Å². The number of ether oxygens (including phenoxy) is 3. The van der Waals surface area contributed by atoms with Crippen LogP contribution in [0.4, 0.5) is 9.18 Å². The summed E-state index contributed by atoms with van der Waals surface area (Å²) >= 11 is 0. The Morgan fingerprint density at radius 3 is 2.41 bits per heavy atom. The van der Waals surface area contributed by atoms with E-state index >= 15 is 0 Å². The molecule has 7 heteroatoms. The highest BCUT2D eigenvalue weighted by molar-refractivity contribution is 5.83. The lowest BCUT2D eigenvalue weighted by Gasteiger charge is -2.42. The minimum atomic E-state index is -0.547. The second kappa shape index (κ2) is 10.7. The SMILES string of the molecule is COc1ccc2cc(C)cc(C(C)OCC3(c4ccc(F)cc4)CCN(C(=O)OC(C)(C)C)CC3)c2n1. The predicted molar refractivity (Wildman–Crippen MR) is 143 cm³/mol. The summed E-state index contributed by atoms with van der Waals surface area (Å²) in [5.74, 6) is 0.285. The highest BCUT2D eigenvalue weighted by Gasteiger charge is 2.39. The van der Waals surface area contributed by atoms with E-state index in [0.717, 1.165) is 27.6 Å². The Hall–Kier alpha value is -3.19. The molecule has 1 atom stereocenters. The third-order valence-electron chi connectivity index (χ3n) is 7.03. The molecule has 1 amide bonds. The standard InChI is InChI=1S/C30H37FN2O4/c1-20-17-22-7-12-26(35-6)32-27(22)25(18-20)21(2)36-19-30(23-8-10-24(31)11-9-23)13-15-33(16-14-30)28(34)37-29(3,4)5/h7-12,17-18,21H,13-16,19H2,1-6H3. The van der Waals surface area contributed by atoms with Crippen LogP contribution in [0.25, 0.3) is 10.9 Å². The van der Waals surface area contributed by atoms with Gasteiger partial charge < -0.3 is 19.1 Å². The van der Waals surface area contributed by atoms with Crippen LogP contribution >= 0.6 is 0 Å². The molecule has 1 aromatic heterocycles. The first-order valence-corrected chi connectivity index (χ1v) is 12.8. The van der Waals surface area contributed by atoms with E-state index in [1.165, 1.54) is 12.1 Å².